The number of benzene rings is 2. The molecule has 2 aliphatic heterocycles. The van der Waals surface area contributed by atoms with Gasteiger partial charge in [-0.3, -0.25) is 4.79 Å². The second kappa shape index (κ2) is 7.47. The molecule has 4 rings (SSSR count). The van der Waals surface area contributed by atoms with Crippen molar-refractivity contribution < 1.29 is 23.8 Å². The van der Waals surface area contributed by atoms with Gasteiger partial charge in [-0.25, -0.2) is 4.79 Å². The zero-order chi connectivity index (χ0) is 20.5. The van der Waals surface area contributed by atoms with E-state index in [0.717, 1.165) is 11.1 Å². The van der Waals surface area contributed by atoms with E-state index in [9.17, 15) is 9.59 Å². The lowest BCUT2D eigenvalue weighted by Crippen LogP contribution is -2.28. The summed E-state index contributed by atoms with van der Waals surface area (Å²) in [6, 6.07) is 14.9. The highest BCUT2D eigenvalue weighted by Gasteiger charge is 2.39. The van der Waals surface area contributed by atoms with Crippen molar-refractivity contribution in [1.29, 1.82) is 0 Å². The Balaban J connectivity index is 1.77. The van der Waals surface area contributed by atoms with Crippen molar-refractivity contribution >= 4 is 18.0 Å². The molecular weight excluding hydrogens is 370 g/mol. The van der Waals surface area contributed by atoms with Crippen LogP contribution < -0.4 is 9.47 Å². The summed E-state index contributed by atoms with van der Waals surface area (Å²) in [6.07, 6.45) is 1.69. The van der Waals surface area contributed by atoms with Gasteiger partial charge >= 0.3 is 5.97 Å². The highest BCUT2D eigenvalue weighted by Crippen LogP contribution is 2.39. The van der Waals surface area contributed by atoms with Crippen molar-refractivity contribution in [3.05, 3.63) is 76.5 Å². The lowest BCUT2D eigenvalue weighted by molar-refractivity contribution is -0.136. The van der Waals surface area contributed by atoms with Crippen LogP contribution in [0, 0.1) is 0 Å². The zero-order valence-corrected chi connectivity index (χ0v) is 16.5. The molecule has 0 bridgehead atoms. The summed E-state index contributed by atoms with van der Waals surface area (Å²) in [5, 5.41) is 0. The van der Waals surface area contributed by atoms with Crippen LogP contribution in [-0.4, -0.2) is 30.7 Å². The minimum atomic E-state index is -0.536. The monoisotopic (exact) mass is 391 g/mol. The van der Waals surface area contributed by atoms with E-state index in [-0.39, 0.29) is 24.3 Å². The van der Waals surface area contributed by atoms with Gasteiger partial charge in [-0.05, 0) is 43.2 Å². The van der Waals surface area contributed by atoms with Crippen LogP contribution in [0.3, 0.4) is 0 Å². The number of carbonyl (C=O) groups excluding carboxylic acids is 2. The first kappa shape index (κ1) is 18.8. The van der Waals surface area contributed by atoms with Gasteiger partial charge in [-0.15, -0.1) is 0 Å². The van der Waals surface area contributed by atoms with Gasteiger partial charge in [0, 0.05) is 5.70 Å². The van der Waals surface area contributed by atoms with E-state index in [1.165, 1.54) is 7.11 Å². The first-order valence-corrected chi connectivity index (χ1v) is 9.30. The van der Waals surface area contributed by atoms with E-state index in [2.05, 4.69) is 0 Å². The predicted octanol–water partition coefficient (Wildman–Crippen LogP) is 3.85. The molecule has 0 aliphatic carbocycles. The molecule has 1 atom stereocenters. The molecule has 0 unspecified atom stereocenters. The summed E-state index contributed by atoms with van der Waals surface area (Å²) in [7, 11) is 1.31. The van der Waals surface area contributed by atoms with Crippen molar-refractivity contribution in [2.75, 3.05) is 13.9 Å². The number of rotatable bonds is 4. The molecule has 0 fully saturated rings. The predicted molar refractivity (Wildman–Crippen MR) is 107 cm³/mol. The quantitative estimate of drug-likeness (QED) is 0.585. The molecule has 2 heterocycles. The molecule has 148 valence electrons. The number of allylic oxidation sites excluding steroid dienone is 1. The van der Waals surface area contributed by atoms with E-state index < -0.39 is 5.97 Å². The molecule has 29 heavy (non-hydrogen) atoms. The van der Waals surface area contributed by atoms with E-state index in [1.807, 2.05) is 43.3 Å². The Morgan fingerprint density at radius 2 is 1.86 bits per heavy atom. The molecule has 0 radical (unpaired) electrons. The smallest absolute Gasteiger partial charge is 0.340 e. The molecule has 2 aromatic rings. The zero-order valence-electron chi connectivity index (χ0n) is 16.5. The van der Waals surface area contributed by atoms with Gasteiger partial charge in [0.1, 0.15) is 0 Å². The lowest BCUT2D eigenvalue weighted by Gasteiger charge is -2.26. The third kappa shape index (κ3) is 3.27. The average Bonchev–Trinajstić information content (AvgIpc) is 3.30. The summed E-state index contributed by atoms with van der Waals surface area (Å²) < 4.78 is 15.7. The van der Waals surface area contributed by atoms with E-state index in [4.69, 9.17) is 14.2 Å². The standard InChI is InChI=1S/C23H21NO5/c1-14(17-7-5-4-6-8-17)24-15(2)21(23(26)27-3)18(22(24)25)11-16-9-10-19-20(12-16)29-13-28-19/h4-12,14H,13H2,1-3H3/b18-11-/t14-/m1/s1. The number of hydrogen-bond donors (Lipinski definition) is 0. The summed E-state index contributed by atoms with van der Waals surface area (Å²) in [5.74, 6) is 0.492. The number of methoxy groups -OCH3 is 1. The number of ether oxygens (including phenoxy) is 3. The molecule has 0 aromatic heterocycles. The van der Waals surface area contributed by atoms with Crippen molar-refractivity contribution in [3.8, 4) is 11.5 Å². The Kier molecular flexibility index (Phi) is 4.84. The minimum Gasteiger partial charge on any atom is -0.465 e. The third-order valence-corrected chi connectivity index (χ3v) is 5.21. The Hall–Kier alpha value is -3.54. The Morgan fingerprint density at radius 1 is 1.14 bits per heavy atom. The highest BCUT2D eigenvalue weighted by atomic mass is 16.7. The second-order valence-electron chi connectivity index (χ2n) is 6.88. The molecule has 2 aromatic carbocycles. The number of amides is 1. The van der Waals surface area contributed by atoms with Gasteiger partial charge in [-0.1, -0.05) is 36.4 Å². The van der Waals surface area contributed by atoms with Crippen LogP contribution in [0.25, 0.3) is 6.08 Å². The molecule has 0 saturated heterocycles. The van der Waals surface area contributed by atoms with Gasteiger partial charge in [0.15, 0.2) is 11.5 Å². The maximum absolute atomic E-state index is 13.4. The number of carbonyl (C=O) groups is 2. The normalized spacial score (nSPS) is 17.8. The topological polar surface area (TPSA) is 65.1 Å². The minimum absolute atomic E-state index is 0.170. The summed E-state index contributed by atoms with van der Waals surface area (Å²) in [4.78, 5) is 27.5. The SMILES string of the molecule is COC(=O)C1=C(C)N([C@H](C)c2ccccc2)C(=O)/C1=C\c1ccc2c(c1)OCO2. The van der Waals surface area contributed by atoms with E-state index >= 15 is 0 Å². The maximum Gasteiger partial charge on any atom is 0.340 e. The van der Waals surface area contributed by atoms with E-state index in [0.29, 0.717) is 22.8 Å². The molecule has 2 aliphatic rings. The Morgan fingerprint density at radius 3 is 2.59 bits per heavy atom. The molecule has 1 amide bonds. The molecule has 0 N–H and O–H groups in total. The third-order valence-electron chi connectivity index (χ3n) is 5.21. The molecule has 0 spiro atoms. The van der Waals surface area contributed by atoms with Crippen LogP contribution in [0.2, 0.25) is 0 Å². The lowest BCUT2D eigenvalue weighted by atomic mass is 10.0. The fourth-order valence-electron chi connectivity index (χ4n) is 3.71. The van der Waals surface area contributed by atoms with Gasteiger partial charge in [-0.2, -0.15) is 0 Å². The highest BCUT2D eigenvalue weighted by molar-refractivity contribution is 6.16. The first-order valence-electron chi connectivity index (χ1n) is 9.30. The van der Waals surface area contributed by atoms with E-state index in [1.54, 1.807) is 30.0 Å². The number of hydrogen-bond acceptors (Lipinski definition) is 5. The number of esters is 1. The maximum atomic E-state index is 13.4. The van der Waals surface area contributed by atoms with Crippen LogP contribution in [0.1, 0.15) is 31.0 Å². The summed E-state index contributed by atoms with van der Waals surface area (Å²) in [6.45, 7) is 3.88. The Labute approximate surface area is 169 Å². The molecule has 6 heteroatoms. The largest absolute Gasteiger partial charge is 0.465 e. The van der Waals surface area contributed by atoms with Crippen molar-refractivity contribution in [2.45, 2.75) is 19.9 Å². The van der Waals surface area contributed by atoms with Crippen molar-refractivity contribution in [1.82, 2.24) is 4.90 Å². The molecule has 6 nitrogen and oxygen atoms in total. The molecular formula is C23H21NO5. The van der Waals surface area contributed by atoms with Crippen LogP contribution in [0.4, 0.5) is 0 Å². The van der Waals surface area contributed by atoms with Crippen LogP contribution in [-0.2, 0) is 14.3 Å². The number of fused-ring (bicyclic) bond motifs is 1. The van der Waals surface area contributed by atoms with Gasteiger partial charge < -0.3 is 19.1 Å². The first-order chi connectivity index (χ1) is 14.0. The van der Waals surface area contributed by atoms with Gasteiger partial charge in [0.2, 0.25) is 6.79 Å². The van der Waals surface area contributed by atoms with Crippen molar-refractivity contribution in [3.63, 3.8) is 0 Å². The van der Waals surface area contributed by atoms with Gasteiger partial charge in [0.05, 0.1) is 24.3 Å². The van der Waals surface area contributed by atoms with Crippen LogP contribution in [0.15, 0.2) is 65.4 Å². The number of nitrogens with zero attached hydrogens (tertiary/aromatic N) is 1. The fraction of sp³-hybridized carbons (Fsp3) is 0.217. The summed E-state index contributed by atoms with van der Waals surface area (Å²) >= 11 is 0. The second-order valence-corrected chi connectivity index (χ2v) is 6.88. The average molecular weight is 391 g/mol. The van der Waals surface area contributed by atoms with Gasteiger partial charge in [0.25, 0.3) is 5.91 Å². The van der Waals surface area contributed by atoms with Crippen molar-refractivity contribution in [2.24, 2.45) is 0 Å². The summed E-state index contributed by atoms with van der Waals surface area (Å²) in [5.41, 5.74) is 2.87. The fourth-order valence-corrected chi connectivity index (χ4v) is 3.71. The van der Waals surface area contributed by atoms with Crippen LogP contribution >= 0.6 is 0 Å². The molecule has 0 saturated carbocycles. The Bertz CT molecular complexity index is 1040. The van der Waals surface area contributed by atoms with Crippen LogP contribution in [0.5, 0.6) is 11.5 Å².